The highest BCUT2D eigenvalue weighted by atomic mass is 31.3. The summed E-state index contributed by atoms with van der Waals surface area (Å²) in [5.41, 5.74) is 12.3. The number of anilines is 1. The maximum absolute atomic E-state index is 12.2. The van der Waals surface area contributed by atoms with Crippen molar-refractivity contribution in [3.63, 3.8) is 0 Å². The predicted molar refractivity (Wildman–Crippen MR) is 132 cm³/mol. The van der Waals surface area contributed by atoms with Gasteiger partial charge in [0.05, 0.1) is 36.8 Å². The topological polar surface area (TPSA) is 270 Å². The van der Waals surface area contributed by atoms with E-state index >= 15 is 0 Å². The van der Waals surface area contributed by atoms with E-state index in [1.807, 2.05) is 0 Å². The second-order valence-corrected chi connectivity index (χ2v) is 12.1. The van der Waals surface area contributed by atoms with E-state index in [0.717, 1.165) is 0 Å². The van der Waals surface area contributed by atoms with Crippen molar-refractivity contribution in [1.82, 2.24) is 14.5 Å². The number of nitrogens with two attached hydrogens (primary N) is 2. The molecule has 3 unspecified atom stereocenters. The first-order valence-electron chi connectivity index (χ1n) is 10.8. The fraction of sp³-hybridized carbons (Fsp3) is 0.444. The lowest BCUT2D eigenvalue weighted by Crippen LogP contribution is -2.29. The average Bonchev–Trinajstić information content (AvgIpc) is 3.39. The van der Waals surface area contributed by atoms with Gasteiger partial charge >= 0.3 is 23.5 Å². The molecule has 2 aromatic rings. The van der Waals surface area contributed by atoms with Crippen LogP contribution >= 0.6 is 23.5 Å². The first-order valence-corrected chi connectivity index (χ1v) is 15.3. The maximum atomic E-state index is 12.2. The molecule has 0 amide bonds. The van der Waals surface area contributed by atoms with Crippen LogP contribution < -0.4 is 11.5 Å². The Morgan fingerprint density at radius 3 is 2.62 bits per heavy atom. The van der Waals surface area contributed by atoms with Gasteiger partial charge in [0, 0.05) is 12.6 Å². The van der Waals surface area contributed by atoms with Gasteiger partial charge in [0.1, 0.15) is 36.9 Å². The molecule has 0 aromatic carbocycles. The van der Waals surface area contributed by atoms with Gasteiger partial charge in [-0.25, -0.2) is 23.7 Å². The van der Waals surface area contributed by atoms with Gasteiger partial charge in [-0.2, -0.15) is 8.62 Å². The van der Waals surface area contributed by atoms with E-state index in [9.17, 15) is 23.5 Å². The van der Waals surface area contributed by atoms with E-state index in [1.54, 1.807) is 10.8 Å². The van der Waals surface area contributed by atoms with Gasteiger partial charge in [-0.1, -0.05) is 17.9 Å². The van der Waals surface area contributed by atoms with Gasteiger partial charge in [0.2, 0.25) is 0 Å². The molecule has 216 valence electrons. The summed E-state index contributed by atoms with van der Waals surface area (Å²) in [7, 11) is -16.6. The van der Waals surface area contributed by atoms with Gasteiger partial charge in [0.15, 0.2) is 0 Å². The molecule has 0 aliphatic carbocycles. The van der Waals surface area contributed by atoms with E-state index < -0.39 is 48.5 Å². The number of fused-ring (bicyclic) bond motifs is 1. The molecule has 1 fully saturated rings. The number of phosphoric acid groups is 3. The molecule has 0 radical (unpaired) electrons. The van der Waals surface area contributed by atoms with E-state index in [4.69, 9.17) is 40.0 Å². The summed E-state index contributed by atoms with van der Waals surface area (Å²) in [6.45, 7) is 2.83. The molecule has 1 saturated heterocycles. The quantitative estimate of drug-likeness (QED) is 0.0590. The molecule has 21 heteroatoms. The fourth-order valence-electron chi connectivity index (χ4n) is 3.50. The van der Waals surface area contributed by atoms with Crippen molar-refractivity contribution < 1.29 is 60.6 Å². The number of nitrogen functional groups attached to an aromatic ring is 1. The Morgan fingerprint density at radius 2 is 1.95 bits per heavy atom. The molecule has 39 heavy (non-hydrogen) atoms. The Kier molecular flexibility index (Phi) is 10.6. The molecule has 18 nitrogen and oxygen atoms in total. The summed E-state index contributed by atoms with van der Waals surface area (Å²) in [6.07, 6.45) is 1.79. The number of phosphoric ester groups is 1. The molecule has 1 aliphatic rings. The van der Waals surface area contributed by atoms with E-state index in [-0.39, 0.29) is 32.2 Å². The standard InChI is InChI=1S/C18H26N5O13P3/c1-2-6-31-11-32-13-7-15(23-8-12(4-3-5-19)16-17(20)21-10-22-18(16)23)34-14(13)9-33-38(27,28)36-39(29,30)35-37(24,25)26/h2,8,10,13-15H,1,5-7,9,11,19H2,(H,27,28)(H,29,30)(H2,20,21,22)(H2,24,25,26)/t13?,14-,15-/m1/s1. The summed E-state index contributed by atoms with van der Waals surface area (Å²) < 4.78 is 65.3. The van der Waals surface area contributed by atoms with E-state index in [1.165, 1.54) is 12.4 Å². The van der Waals surface area contributed by atoms with Crippen molar-refractivity contribution in [3.8, 4) is 11.8 Å². The molecule has 2 aromatic heterocycles. The number of rotatable bonds is 13. The minimum Gasteiger partial charge on any atom is -0.383 e. The highest BCUT2D eigenvalue weighted by Crippen LogP contribution is 2.66. The molecule has 8 N–H and O–H groups in total. The molecule has 0 saturated carbocycles. The lowest BCUT2D eigenvalue weighted by atomic mass is 10.2. The molecule has 5 atom stereocenters. The third-order valence-electron chi connectivity index (χ3n) is 4.87. The Balaban J connectivity index is 1.82. The zero-order chi connectivity index (χ0) is 28.8. The van der Waals surface area contributed by atoms with E-state index in [2.05, 4.69) is 37.0 Å². The van der Waals surface area contributed by atoms with Crippen molar-refractivity contribution in [2.45, 2.75) is 24.9 Å². The zero-order valence-electron chi connectivity index (χ0n) is 20.0. The van der Waals surface area contributed by atoms with Crippen LogP contribution in [0.25, 0.3) is 11.0 Å². The number of hydrogen-bond acceptors (Lipinski definition) is 13. The largest absolute Gasteiger partial charge is 0.490 e. The number of aromatic nitrogens is 3. The van der Waals surface area contributed by atoms with Gasteiger partial charge in [-0.05, 0) is 0 Å². The van der Waals surface area contributed by atoms with Crippen LogP contribution in [0.4, 0.5) is 5.82 Å². The minimum atomic E-state index is -5.69. The molecule has 1 aliphatic heterocycles. The van der Waals surface area contributed by atoms with Gasteiger partial charge < -0.3 is 49.8 Å². The normalized spacial score (nSPS) is 22.6. The molecule has 0 spiro atoms. The van der Waals surface area contributed by atoms with Gasteiger partial charge in [-0.3, -0.25) is 4.52 Å². The molecule has 3 rings (SSSR count). The molecular weight excluding hydrogens is 587 g/mol. The predicted octanol–water partition coefficient (Wildman–Crippen LogP) is 0.500. The van der Waals surface area contributed by atoms with Crippen molar-refractivity contribution in [1.29, 1.82) is 0 Å². The van der Waals surface area contributed by atoms with Crippen LogP contribution in [0.3, 0.4) is 0 Å². The Bertz CT molecular complexity index is 1390. The van der Waals surface area contributed by atoms with Crippen LogP contribution in [0.5, 0.6) is 0 Å². The van der Waals surface area contributed by atoms with Crippen LogP contribution in [0.2, 0.25) is 0 Å². The van der Waals surface area contributed by atoms with Crippen LogP contribution in [-0.2, 0) is 41.1 Å². The lowest BCUT2D eigenvalue weighted by molar-refractivity contribution is -0.112. The highest BCUT2D eigenvalue weighted by Gasteiger charge is 2.43. The Hall–Kier alpha value is -2.03. The van der Waals surface area contributed by atoms with Gasteiger partial charge in [-0.15, -0.1) is 6.58 Å². The van der Waals surface area contributed by atoms with Gasteiger partial charge in [0.25, 0.3) is 0 Å². The molecule has 0 bridgehead atoms. The fourth-order valence-corrected chi connectivity index (χ4v) is 6.53. The van der Waals surface area contributed by atoms with Crippen molar-refractivity contribution in [3.05, 3.63) is 30.7 Å². The molecule has 3 heterocycles. The monoisotopic (exact) mass is 613 g/mol. The first kappa shape index (κ1) is 31.5. The maximum Gasteiger partial charge on any atom is 0.490 e. The van der Waals surface area contributed by atoms with Crippen LogP contribution in [0, 0.1) is 11.8 Å². The summed E-state index contributed by atoms with van der Waals surface area (Å²) in [4.78, 5) is 44.7. The Morgan fingerprint density at radius 1 is 1.21 bits per heavy atom. The highest BCUT2D eigenvalue weighted by molar-refractivity contribution is 7.66. The lowest BCUT2D eigenvalue weighted by Gasteiger charge is -2.21. The summed E-state index contributed by atoms with van der Waals surface area (Å²) in [5, 5.41) is 0.450. The smallest absolute Gasteiger partial charge is 0.383 e. The third kappa shape index (κ3) is 8.98. The zero-order valence-corrected chi connectivity index (χ0v) is 22.7. The first-order chi connectivity index (χ1) is 18.3. The minimum absolute atomic E-state index is 0.0868. The third-order valence-corrected chi connectivity index (χ3v) is 8.68. The second-order valence-electron chi connectivity index (χ2n) is 7.65. The average molecular weight is 613 g/mol. The van der Waals surface area contributed by atoms with Crippen molar-refractivity contribution in [2.75, 3.05) is 32.3 Å². The van der Waals surface area contributed by atoms with Crippen LogP contribution in [0.1, 0.15) is 18.2 Å². The number of nitrogens with zero attached hydrogens (tertiary/aromatic N) is 3. The van der Waals surface area contributed by atoms with E-state index in [0.29, 0.717) is 16.6 Å². The number of hydrogen-bond donors (Lipinski definition) is 6. The Labute approximate surface area is 221 Å². The second kappa shape index (κ2) is 13.1. The van der Waals surface area contributed by atoms with Crippen molar-refractivity contribution >= 4 is 40.3 Å². The summed E-state index contributed by atoms with van der Waals surface area (Å²) >= 11 is 0. The molecular formula is C18H26N5O13P3. The number of ether oxygens (including phenoxy) is 3. The summed E-state index contributed by atoms with van der Waals surface area (Å²) in [5.74, 6) is 5.77. The van der Waals surface area contributed by atoms with Crippen LogP contribution in [0.15, 0.2) is 25.2 Å². The summed E-state index contributed by atoms with van der Waals surface area (Å²) in [6, 6.07) is 0. The van der Waals surface area contributed by atoms with Crippen LogP contribution in [-0.4, -0.2) is 72.9 Å². The SMILES string of the molecule is C=CCOCOC1C[C@H](n2cc(C#CCN)c3c(N)ncnc32)O[C@@H]1COP(=O)(O)OP(=O)(O)OP(=O)(O)O. The van der Waals surface area contributed by atoms with Crippen molar-refractivity contribution in [2.24, 2.45) is 5.73 Å².